The van der Waals surface area contributed by atoms with Crippen molar-refractivity contribution in [1.82, 2.24) is 15.1 Å². The number of aryl methyl sites for hydroxylation is 1. The molecule has 1 N–H and O–H groups in total. The van der Waals surface area contributed by atoms with Crippen molar-refractivity contribution in [2.45, 2.75) is 19.9 Å². The van der Waals surface area contributed by atoms with Crippen molar-refractivity contribution in [3.8, 4) is 0 Å². The Hall–Kier alpha value is -1.82. The van der Waals surface area contributed by atoms with Crippen LogP contribution in [0.1, 0.15) is 17.7 Å². The lowest BCUT2D eigenvalue weighted by Crippen LogP contribution is -2.33. The van der Waals surface area contributed by atoms with Gasteiger partial charge in [0.05, 0.1) is 12.8 Å². The van der Waals surface area contributed by atoms with Crippen LogP contribution in [0.4, 0.5) is 4.79 Å². The van der Waals surface area contributed by atoms with E-state index in [0.717, 1.165) is 30.8 Å². The maximum atomic E-state index is 11.4. The van der Waals surface area contributed by atoms with E-state index in [9.17, 15) is 9.59 Å². The number of furan rings is 1. The molecule has 1 aliphatic heterocycles. The van der Waals surface area contributed by atoms with E-state index in [1.807, 2.05) is 20.0 Å². The second kappa shape index (κ2) is 5.88. The molecule has 1 fully saturated rings. The van der Waals surface area contributed by atoms with Crippen molar-refractivity contribution in [3.63, 3.8) is 0 Å². The van der Waals surface area contributed by atoms with Gasteiger partial charge in [0.1, 0.15) is 5.76 Å². The third kappa shape index (κ3) is 3.35. The summed E-state index contributed by atoms with van der Waals surface area (Å²) in [5, 5.41) is 2.51. The SMILES string of the molecule is Cc1occc1CN(C)CCCN1C(=O)CNC1=O. The van der Waals surface area contributed by atoms with Crippen LogP contribution in [-0.2, 0) is 11.3 Å². The zero-order valence-corrected chi connectivity index (χ0v) is 11.3. The summed E-state index contributed by atoms with van der Waals surface area (Å²) in [5.41, 5.74) is 1.16. The first-order chi connectivity index (χ1) is 9.08. The first kappa shape index (κ1) is 13.6. The third-order valence-corrected chi connectivity index (χ3v) is 3.27. The van der Waals surface area contributed by atoms with Crippen molar-refractivity contribution in [2.24, 2.45) is 0 Å². The molecule has 0 spiro atoms. The smallest absolute Gasteiger partial charge is 0.324 e. The Labute approximate surface area is 112 Å². The lowest BCUT2D eigenvalue weighted by atomic mass is 10.2. The number of carbonyl (C=O) groups is 2. The number of hydrogen-bond donors (Lipinski definition) is 1. The average Bonchev–Trinajstić information content (AvgIpc) is 2.90. The maximum absolute atomic E-state index is 11.4. The van der Waals surface area contributed by atoms with Gasteiger partial charge < -0.3 is 14.6 Å². The van der Waals surface area contributed by atoms with Gasteiger partial charge in [-0.2, -0.15) is 0 Å². The van der Waals surface area contributed by atoms with E-state index in [1.54, 1.807) is 6.26 Å². The summed E-state index contributed by atoms with van der Waals surface area (Å²) in [6.45, 7) is 4.17. The molecular formula is C13H19N3O3. The Bertz CT molecular complexity index is 453. The Kier molecular flexibility index (Phi) is 4.21. The molecule has 0 aromatic carbocycles. The van der Waals surface area contributed by atoms with Gasteiger partial charge in [-0.3, -0.25) is 9.69 Å². The number of rotatable bonds is 6. The summed E-state index contributed by atoms with van der Waals surface area (Å²) in [4.78, 5) is 26.1. The van der Waals surface area contributed by atoms with E-state index in [1.165, 1.54) is 4.90 Å². The van der Waals surface area contributed by atoms with Crippen LogP contribution in [0.5, 0.6) is 0 Å². The molecule has 2 rings (SSSR count). The Morgan fingerprint density at radius 1 is 1.47 bits per heavy atom. The van der Waals surface area contributed by atoms with Crippen LogP contribution in [0.3, 0.4) is 0 Å². The molecule has 1 aromatic rings. The molecule has 2 heterocycles. The van der Waals surface area contributed by atoms with E-state index < -0.39 is 0 Å². The van der Waals surface area contributed by atoms with Crippen molar-refractivity contribution in [3.05, 3.63) is 23.7 Å². The van der Waals surface area contributed by atoms with E-state index in [0.29, 0.717) is 6.54 Å². The quantitative estimate of drug-likeness (QED) is 0.778. The standard InChI is InChI=1S/C13H19N3O3/c1-10-11(4-7-19-10)9-15(2)5-3-6-16-12(17)8-14-13(16)18/h4,7H,3,5-6,8-9H2,1-2H3,(H,14,18). The lowest BCUT2D eigenvalue weighted by molar-refractivity contribution is -0.125. The first-order valence-electron chi connectivity index (χ1n) is 6.37. The molecular weight excluding hydrogens is 246 g/mol. The zero-order valence-electron chi connectivity index (χ0n) is 11.3. The van der Waals surface area contributed by atoms with Crippen molar-refractivity contribution < 1.29 is 14.0 Å². The van der Waals surface area contributed by atoms with Crippen molar-refractivity contribution >= 4 is 11.9 Å². The molecule has 19 heavy (non-hydrogen) atoms. The predicted octanol–water partition coefficient (Wildman–Crippen LogP) is 0.962. The van der Waals surface area contributed by atoms with E-state index >= 15 is 0 Å². The third-order valence-electron chi connectivity index (χ3n) is 3.27. The van der Waals surface area contributed by atoms with Crippen LogP contribution in [0.2, 0.25) is 0 Å². The molecule has 104 valence electrons. The van der Waals surface area contributed by atoms with Crippen LogP contribution in [-0.4, -0.2) is 48.4 Å². The van der Waals surface area contributed by atoms with Crippen LogP contribution in [0.25, 0.3) is 0 Å². The molecule has 0 bridgehead atoms. The summed E-state index contributed by atoms with van der Waals surface area (Å²) >= 11 is 0. The highest BCUT2D eigenvalue weighted by molar-refractivity contribution is 6.01. The fourth-order valence-electron chi connectivity index (χ4n) is 2.13. The number of hydrogen-bond acceptors (Lipinski definition) is 4. The van der Waals surface area contributed by atoms with E-state index in [-0.39, 0.29) is 18.5 Å². The van der Waals surface area contributed by atoms with Crippen molar-refractivity contribution in [1.29, 1.82) is 0 Å². The highest BCUT2D eigenvalue weighted by Crippen LogP contribution is 2.11. The van der Waals surface area contributed by atoms with E-state index in [2.05, 4.69) is 10.2 Å². The topological polar surface area (TPSA) is 65.8 Å². The Balaban J connectivity index is 1.72. The van der Waals surface area contributed by atoms with Gasteiger partial charge >= 0.3 is 6.03 Å². The van der Waals surface area contributed by atoms with Gasteiger partial charge in [-0.15, -0.1) is 0 Å². The molecule has 1 saturated heterocycles. The van der Waals surface area contributed by atoms with E-state index in [4.69, 9.17) is 4.42 Å². The van der Waals surface area contributed by atoms with Crippen LogP contribution < -0.4 is 5.32 Å². The number of nitrogens with zero attached hydrogens (tertiary/aromatic N) is 2. The fraction of sp³-hybridized carbons (Fsp3) is 0.538. The number of imide groups is 1. The monoisotopic (exact) mass is 265 g/mol. The minimum atomic E-state index is -0.279. The zero-order chi connectivity index (χ0) is 13.8. The minimum absolute atomic E-state index is 0.128. The van der Waals surface area contributed by atoms with Gasteiger partial charge in [-0.05, 0) is 33.0 Å². The van der Waals surface area contributed by atoms with Gasteiger partial charge in [0.25, 0.3) is 0 Å². The summed E-state index contributed by atoms with van der Waals surface area (Å²) < 4.78 is 5.25. The molecule has 6 nitrogen and oxygen atoms in total. The lowest BCUT2D eigenvalue weighted by Gasteiger charge is -2.18. The molecule has 0 atom stereocenters. The van der Waals surface area contributed by atoms with Gasteiger partial charge in [0, 0.05) is 18.7 Å². The average molecular weight is 265 g/mol. The summed E-state index contributed by atoms with van der Waals surface area (Å²) in [5.74, 6) is 0.791. The summed E-state index contributed by atoms with van der Waals surface area (Å²) in [6.07, 6.45) is 2.46. The Morgan fingerprint density at radius 3 is 2.84 bits per heavy atom. The van der Waals surface area contributed by atoms with Gasteiger partial charge in [-0.25, -0.2) is 4.79 Å². The minimum Gasteiger partial charge on any atom is -0.469 e. The highest BCUT2D eigenvalue weighted by atomic mass is 16.3. The number of amides is 3. The first-order valence-corrected chi connectivity index (χ1v) is 6.37. The highest BCUT2D eigenvalue weighted by Gasteiger charge is 2.27. The van der Waals surface area contributed by atoms with Crippen LogP contribution >= 0.6 is 0 Å². The van der Waals surface area contributed by atoms with Crippen molar-refractivity contribution in [2.75, 3.05) is 26.7 Å². The molecule has 0 unspecified atom stereocenters. The fourth-order valence-corrected chi connectivity index (χ4v) is 2.13. The second-order valence-corrected chi connectivity index (χ2v) is 4.80. The largest absolute Gasteiger partial charge is 0.469 e. The number of urea groups is 1. The van der Waals surface area contributed by atoms with Gasteiger partial charge in [-0.1, -0.05) is 0 Å². The van der Waals surface area contributed by atoms with Gasteiger partial charge in [0.15, 0.2) is 0 Å². The second-order valence-electron chi connectivity index (χ2n) is 4.80. The Morgan fingerprint density at radius 2 is 2.26 bits per heavy atom. The maximum Gasteiger partial charge on any atom is 0.324 e. The normalized spacial score (nSPS) is 15.4. The number of carbonyl (C=O) groups excluding carboxylic acids is 2. The molecule has 0 saturated carbocycles. The number of nitrogens with one attached hydrogen (secondary N) is 1. The predicted molar refractivity (Wildman–Crippen MR) is 69.5 cm³/mol. The van der Waals surface area contributed by atoms with Crippen LogP contribution in [0.15, 0.2) is 16.7 Å². The summed E-state index contributed by atoms with van der Waals surface area (Å²) in [7, 11) is 2.01. The molecule has 3 amide bonds. The van der Waals surface area contributed by atoms with Gasteiger partial charge in [0.2, 0.25) is 5.91 Å². The van der Waals surface area contributed by atoms with Crippen LogP contribution in [0, 0.1) is 6.92 Å². The molecule has 6 heteroatoms. The molecule has 0 aliphatic carbocycles. The molecule has 1 aliphatic rings. The molecule has 1 aromatic heterocycles. The molecule has 0 radical (unpaired) electrons. The summed E-state index contributed by atoms with van der Waals surface area (Å²) in [6, 6.07) is 1.68.